The highest BCUT2D eigenvalue weighted by atomic mass is 16.5. The molecule has 2 aliphatic heterocycles. The smallest absolute Gasteiger partial charge is 0.134 e. The summed E-state index contributed by atoms with van der Waals surface area (Å²) in [6.07, 6.45) is 4.18. The van der Waals surface area contributed by atoms with Crippen LogP contribution >= 0.6 is 0 Å². The first-order chi connectivity index (χ1) is 20.2. The fourth-order valence-electron chi connectivity index (χ4n) is 7.04. The van der Waals surface area contributed by atoms with E-state index in [1.807, 2.05) is 0 Å². The van der Waals surface area contributed by atoms with Crippen molar-refractivity contribution >= 4 is 28.7 Å². The molecule has 2 fully saturated rings. The number of aldehydes is 1. The van der Waals surface area contributed by atoms with E-state index < -0.39 is 5.41 Å². The third kappa shape index (κ3) is 4.89. The van der Waals surface area contributed by atoms with Gasteiger partial charge in [-0.05, 0) is 72.0 Å². The van der Waals surface area contributed by atoms with Gasteiger partial charge < -0.3 is 19.3 Å². The number of carbonyl (C=O) groups excluding carboxylic acids is 1. The van der Waals surface area contributed by atoms with Crippen LogP contribution in [0.4, 0.5) is 11.5 Å². The Hall–Kier alpha value is -3.74. The van der Waals surface area contributed by atoms with Crippen LogP contribution in [0.1, 0.15) is 30.4 Å². The Labute approximate surface area is 242 Å². The van der Waals surface area contributed by atoms with Gasteiger partial charge in [-0.1, -0.05) is 55.0 Å². The van der Waals surface area contributed by atoms with E-state index in [1.165, 1.54) is 39.6 Å². The summed E-state index contributed by atoms with van der Waals surface area (Å²) >= 11 is 0. The number of ether oxygens (including phenoxy) is 1. The number of benzene rings is 3. The van der Waals surface area contributed by atoms with Gasteiger partial charge in [0, 0.05) is 50.3 Å². The predicted octanol–water partition coefficient (Wildman–Crippen LogP) is 5.53. The zero-order valence-electron chi connectivity index (χ0n) is 23.7. The minimum absolute atomic E-state index is 0.560. The molecule has 1 aliphatic carbocycles. The molecule has 1 unspecified atom stereocenters. The van der Waals surface area contributed by atoms with Crippen molar-refractivity contribution in [1.82, 2.24) is 9.88 Å². The number of piperazine rings is 1. The SMILES string of the molecule is O=CC1(CCCCN2CCN(c3ccc4ccccc4n3)CC2)c2ccccc2-c2cc(N3CCOCC3)ccc21. The monoisotopic (exact) mass is 546 g/mol. The molecule has 0 radical (unpaired) electrons. The highest BCUT2D eigenvalue weighted by molar-refractivity contribution is 5.93. The largest absolute Gasteiger partial charge is 0.378 e. The number of fused-ring (bicyclic) bond motifs is 4. The van der Waals surface area contributed by atoms with Crippen LogP contribution in [0, 0.1) is 0 Å². The van der Waals surface area contributed by atoms with Crippen molar-refractivity contribution in [2.24, 2.45) is 0 Å². The summed E-state index contributed by atoms with van der Waals surface area (Å²) in [6, 6.07) is 27.9. The highest BCUT2D eigenvalue weighted by Gasteiger charge is 2.43. The summed E-state index contributed by atoms with van der Waals surface area (Å²) in [7, 11) is 0. The van der Waals surface area contributed by atoms with Crippen molar-refractivity contribution < 1.29 is 9.53 Å². The van der Waals surface area contributed by atoms with E-state index in [9.17, 15) is 4.79 Å². The summed E-state index contributed by atoms with van der Waals surface area (Å²) in [5, 5.41) is 1.19. The zero-order chi connectivity index (χ0) is 27.6. The summed E-state index contributed by atoms with van der Waals surface area (Å²) in [5.74, 6) is 1.08. The highest BCUT2D eigenvalue weighted by Crippen LogP contribution is 2.51. The molecule has 41 heavy (non-hydrogen) atoms. The number of rotatable bonds is 8. The van der Waals surface area contributed by atoms with Crippen molar-refractivity contribution in [2.45, 2.75) is 24.7 Å². The van der Waals surface area contributed by atoms with E-state index in [4.69, 9.17) is 9.72 Å². The van der Waals surface area contributed by atoms with Crippen LogP contribution in [-0.4, -0.2) is 75.2 Å². The van der Waals surface area contributed by atoms with Gasteiger partial charge in [0.15, 0.2) is 0 Å². The maximum Gasteiger partial charge on any atom is 0.134 e. The Morgan fingerprint density at radius 1 is 0.756 bits per heavy atom. The molecule has 0 spiro atoms. The third-order valence-electron chi connectivity index (χ3n) is 9.33. The van der Waals surface area contributed by atoms with Crippen molar-refractivity contribution in [2.75, 3.05) is 68.8 Å². The average Bonchev–Trinajstić information content (AvgIpc) is 3.33. The number of carbonyl (C=O) groups is 1. The van der Waals surface area contributed by atoms with Crippen molar-refractivity contribution in [3.8, 4) is 11.1 Å². The second-order valence-electron chi connectivity index (χ2n) is 11.6. The lowest BCUT2D eigenvalue weighted by molar-refractivity contribution is -0.111. The number of nitrogens with zero attached hydrogens (tertiary/aromatic N) is 4. The molecular weight excluding hydrogens is 508 g/mol. The van der Waals surface area contributed by atoms with Crippen molar-refractivity contribution in [1.29, 1.82) is 0 Å². The van der Waals surface area contributed by atoms with E-state index in [0.29, 0.717) is 0 Å². The first-order valence-electron chi connectivity index (χ1n) is 15.1. The van der Waals surface area contributed by atoms with E-state index in [2.05, 4.69) is 93.6 Å². The lowest BCUT2D eigenvalue weighted by Crippen LogP contribution is -2.47. The normalized spacial score (nSPS) is 20.7. The second kappa shape index (κ2) is 11.3. The molecule has 0 bridgehead atoms. The zero-order valence-corrected chi connectivity index (χ0v) is 23.7. The molecule has 6 heteroatoms. The number of aromatic nitrogens is 1. The molecule has 1 atom stereocenters. The predicted molar refractivity (Wildman–Crippen MR) is 166 cm³/mol. The maximum atomic E-state index is 12.9. The molecule has 210 valence electrons. The number of hydrogen-bond acceptors (Lipinski definition) is 6. The second-order valence-corrected chi connectivity index (χ2v) is 11.6. The molecule has 3 aliphatic rings. The Morgan fingerprint density at radius 2 is 1.54 bits per heavy atom. The van der Waals surface area contributed by atoms with E-state index in [1.54, 1.807) is 0 Å². The number of morpholine rings is 1. The van der Waals surface area contributed by atoms with Crippen LogP contribution in [0.2, 0.25) is 0 Å². The summed E-state index contributed by atoms with van der Waals surface area (Å²) < 4.78 is 5.56. The standard InChI is InChI=1S/C35H38N4O2/c40-26-35(31-9-3-2-8-29(31)30-25-28(12-13-32(30)35)38-21-23-41-24-22-38)15-5-6-16-37-17-19-39(20-18-37)34-14-11-27-7-1-4-10-33(27)36-34/h1-4,7-14,25-26H,5-6,15-24H2. The summed E-state index contributed by atoms with van der Waals surface area (Å²) in [4.78, 5) is 25.2. The van der Waals surface area contributed by atoms with Crippen LogP contribution in [0.3, 0.4) is 0 Å². The van der Waals surface area contributed by atoms with E-state index in [-0.39, 0.29) is 0 Å². The Morgan fingerprint density at radius 3 is 2.39 bits per heavy atom. The number of anilines is 2. The lowest BCUT2D eigenvalue weighted by Gasteiger charge is -2.35. The van der Waals surface area contributed by atoms with Gasteiger partial charge in [0.25, 0.3) is 0 Å². The Balaban J connectivity index is 0.993. The molecule has 4 aromatic rings. The van der Waals surface area contributed by atoms with Gasteiger partial charge in [-0.2, -0.15) is 0 Å². The summed E-state index contributed by atoms with van der Waals surface area (Å²) in [5.41, 5.74) is 6.49. The van der Waals surface area contributed by atoms with Gasteiger partial charge in [0.2, 0.25) is 0 Å². The van der Waals surface area contributed by atoms with Crippen LogP contribution in [-0.2, 0) is 14.9 Å². The van der Waals surface area contributed by atoms with Crippen molar-refractivity contribution in [3.63, 3.8) is 0 Å². The van der Waals surface area contributed by atoms with Gasteiger partial charge in [-0.25, -0.2) is 4.98 Å². The number of pyridine rings is 1. The molecule has 2 saturated heterocycles. The minimum atomic E-state index is -0.560. The molecule has 0 N–H and O–H groups in total. The first kappa shape index (κ1) is 26.2. The quantitative estimate of drug-likeness (QED) is 0.214. The fraction of sp³-hybridized carbons (Fsp3) is 0.371. The molecule has 0 amide bonds. The first-order valence-corrected chi connectivity index (χ1v) is 15.1. The third-order valence-corrected chi connectivity index (χ3v) is 9.33. The van der Waals surface area contributed by atoms with Gasteiger partial charge in [-0.15, -0.1) is 0 Å². The van der Waals surface area contributed by atoms with Crippen LogP contribution in [0.5, 0.6) is 0 Å². The van der Waals surface area contributed by atoms with Crippen LogP contribution in [0.25, 0.3) is 22.0 Å². The molecule has 0 saturated carbocycles. The Bertz CT molecular complexity index is 1540. The molecule has 3 heterocycles. The minimum Gasteiger partial charge on any atom is -0.378 e. The van der Waals surface area contributed by atoms with Crippen LogP contribution < -0.4 is 9.80 Å². The van der Waals surface area contributed by atoms with Crippen molar-refractivity contribution in [3.05, 3.63) is 90.0 Å². The number of unbranched alkanes of at least 4 members (excludes halogenated alkanes) is 1. The fourth-order valence-corrected chi connectivity index (χ4v) is 7.04. The van der Waals surface area contributed by atoms with Gasteiger partial charge in [0.05, 0.1) is 24.1 Å². The van der Waals surface area contributed by atoms with Gasteiger partial charge >= 0.3 is 0 Å². The van der Waals surface area contributed by atoms with Gasteiger partial charge in [-0.3, -0.25) is 4.90 Å². The van der Waals surface area contributed by atoms with E-state index in [0.717, 1.165) is 89.6 Å². The Kier molecular flexibility index (Phi) is 7.19. The van der Waals surface area contributed by atoms with Gasteiger partial charge in [0.1, 0.15) is 12.1 Å². The molecular formula is C35H38N4O2. The van der Waals surface area contributed by atoms with E-state index >= 15 is 0 Å². The summed E-state index contributed by atoms with van der Waals surface area (Å²) in [6.45, 7) is 8.50. The lowest BCUT2D eigenvalue weighted by atomic mass is 9.75. The molecule has 7 rings (SSSR count). The maximum absolute atomic E-state index is 12.9. The topological polar surface area (TPSA) is 48.9 Å². The number of hydrogen-bond donors (Lipinski definition) is 0. The molecule has 6 nitrogen and oxygen atoms in total. The molecule has 3 aromatic carbocycles. The average molecular weight is 547 g/mol. The number of para-hydroxylation sites is 1. The molecule has 1 aromatic heterocycles. The van der Waals surface area contributed by atoms with Crippen LogP contribution in [0.15, 0.2) is 78.9 Å².